The van der Waals surface area contributed by atoms with Gasteiger partial charge in [-0.2, -0.15) is 0 Å². The fourth-order valence-electron chi connectivity index (χ4n) is 2.48. The molecule has 118 valence electrons. The smallest absolute Gasteiger partial charge is 0.342 e. The van der Waals surface area contributed by atoms with Gasteiger partial charge in [0, 0.05) is 6.92 Å². The number of imidazole rings is 1. The Labute approximate surface area is 129 Å². The zero-order chi connectivity index (χ0) is 16.6. The normalized spacial score (nSPS) is 11.0. The van der Waals surface area contributed by atoms with Crippen molar-refractivity contribution < 1.29 is 4.92 Å². The van der Waals surface area contributed by atoms with Crippen molar-refractivity contribution in [3.05, 3.63) is 67.2 Å². The molecule has 0 fully saturated rings. The van der Waals surface area contributed by atoms with E-state index in [1.54, 1.807) is 31.2 Å². The maximum absolute atomic E-state index is 12.4. The largest absolute Gasteiger partial charge is 0.358 e. The third-order valence-corrected chi connectivity index (χ3v) is 3.66. The van der Waals surface area contributed by atoms with E-state index in [2.05, 4.69) is 9.97 Å². The van der Waals surface area contributed by atoms with Crippen molar-refractivity contribution in [1.82, 2.24) is 19.1 Å². The number of aromatic nitrogens is 4. The molecule has 2 heterocycles. The summed E-state index contributed by atoms with van der Waals surface area (Å²) in [6, 6.07) is 6.69. The van der Waals surface area contributed by atoms with Gasteiger partial charge in [0.2, 0.25) is 0 Å². The van der Waals surface area contributed by atoms with E-state index >= 15 is 0 Å². The second-order valence-electron chi connectivity index (χ2n) is 5.00. The number of fused-ring (bicyclic) bond motifs is 1. The van der Waals surface area contributed by atoms with E-state index in [-0.39, 0.29) is 18.9 Å². The summed E-state index contributed by atoms with van der Waals surface area (Å²) < 4.78 is 2.40. The SMILES string of the molecule is Cc1ncc([N+](=O)[O-])n1CCn1c(=O)[nH]c2ccccc2c1=O. The van der Waals surface area contributed by atoms with Gasteiger partial charge in [0.1, 0.15) is 12.7 Å². The summed E-state index contributed by atoms with van der Waals surface area (Å²) in [6.45, 7) is 1.74. The summed E-state index contributed by atoms with van der Waals surface area (Å²) in [5.74, 6) is 0.273. The number of aromatic amines is 1. The molecule has 0 aliphatic rings. The Hall–Kier alpha value is -3.23. The maximum Gasteiger partial charge on any atom is 0.342 e. The van der Waals surface area contributed by atoms with Crippen LogP contribution < -0.4 is 11.2 Å². The van der Waals surface area contributed by atoms with Crippen molar-refractivity contribution >= 4 is 16.7 Å². The van der Waals surface area contributed by atoms with Crippen LogP contribution in [0, 0.1) is 17.0 Å². The minimum Gasteiger partial charge on any atom is -0.358 e. The molecular weight excluding hydrogens is 302 g/mol. The van der Waals surface area contributed by atoms with E-state index in [0.29, 0.717) is 16.7 Å². The van der Waals surface area contributed by atoms with Gasteiger partial charge in [-0.1, -0.05) is 12.1 Å². The summed E-state index contributed by atoms with van der Waals surface area (Å²) in [6.07, 6.45) is 1.16. The first-order valence-electron chi connectivity index (χ1n) is 6.87. The van der Waals surface area contributed by atoms with E-state index < -0.39 is 16.2 Å². The van der Waals surface area contributed by atoms with Crippen LogP contribution >= 0.6 is 0 Å². The second-order valence-corrected chi connectivity index (χ2v) is 5.00. The Kier molecular flexibility index (Phi) is 3.53. The number of para-hydroxylation sites is 1. The zero-order valence-electron chi connectivity index (χ0n) is 12.2. The molecule has 0 radical (unpaired) electrons. The molecule has 0 unspecified atom stereocenters. The zero-order valence-corrected chi connectivity index (χ0v) is 12.2. The first kappa shape index (κ1) is 14.7. The summed E-state index contributed by atoms with van der Waals surface area (Å²) in [4.78, 5) is 41.4. The summed E-state index contributed by atoms with van der Waals surface area (Å²) in [5, 5.41) is 11.4. The lowest BCUT2D eigenvalue weighted by atomic mass is 10.2. The minimum atomic E-state index is -0.548. The maximum atomic E-state index is 12.4. The molecule has 0 aliphatic heterocycles. The molecular formula is C14H13N5O4. The number of nitrogens with zero attached hydrogens (tertiary/aromatic N) is 4. The molecule has 0 spiro atoms. The monoisotopic (exact) mass is 315 g/mol. The van der Waals surface area contributed by atoms with Crippen molar-refractivity contribution in [3.63, 3.8) is 0 Å². The predicted octanol–water partition coefficient (Wildman–Crippen LogP) is 0.803. The molecule has 0 aliphatic carbocycles. The first-order valence-corrected chi connectivity index (χ1v) is 6.87. The number of aryl methyl sites for hydroxylation is 1. The Morgan fingerprint density at radius 1 is 1.22 bits per heavy atom. The van der Waals surface area contributed by atoms with Crippen LogP contribution in [-0.2, 0) is 13.1 Å². The van der Waals surface area contributed by atoms with Crippen molar-refractivity contribution in [2.24, 2.45) is 0 Å². The highest BCUT2D eigenvalue weighted by Gasteiger charge is 2.18. The van der Waals surface area contributed by atoms with E-state index in [9.17, 15) is 19.7 Å². The predicted molar refractivity (Wildman–Crippen MR) is 82.4 cm³/mol. The van der Waals surface area contributed by atoms with E-state index in [0.717, 1.165) is 10.8 Å². The van der Waals surface area contributed by atoms with Crippen LogP contribution in [0.15, 0.2) is 40.1 Å². The topological polar surface area (TPSA) is 116 Å². The molecule has 23 heavy (non-hydrogen) atoms. The lowest BCUT2D eigenvalue weighted by Gasteiger charge is -2.06. The molecule has 2 aromatic heterocycles. The van der Waals surface area contributed by atoms with Crippen molar-refractivity contribution in [1.29, 1.82) is 0 Å². The molecule has 9 heteroatoms. The number of hydrogen-bond donors (Lipinski definition) is 1. The first-order chi connectivity index (χ1) is 11.0. The third kappa shape index (κ3) is 2.52. The number of nitro groups is 1. The number of H-pyrrole nitrogens is 1. The van der Waals surface area contributed by atoms with Gasteiger partial charge in [0.05, 0.1) is 17.4 Å². The van der Waals surface area contributed by atoms with Crippen LogP contribution in [0.5, 0.6) is 0 Å². The Bertz CT molecular complexity index is 1010. The molecule has 1 N–H and O–H groups in total. The van der Waals surface area contributed by atoms with Crippen LogP contribution in [0.3, 0.4) is 0 Å². The molecule has 9 nitrogen and oxygen atoms in total. The quantitative estimate of drug-likeness (QED) is 0.565. The number of nitrogens with one attached hydrogen (secondary N) is 1. The molecule has 0 bridgehead atoms. The lowest BCUT2D eigenvalue weighted by molar-refractivity contribution is -0.392. The third-order valence-electron chi connectivity index (χ3n) is 3.66. The second kappa shape index (κ2) is 5.52. The molecule has 0 saturated heterocycles. The minimum absolute atomic E-state index is 0.0110. The van der Waals surface area contributed by atoms with Crippen LogP contribution in [0.2, 0.25) is 0 Å². The van der Waals surface area contributed by atoms with Crippen molar-refractivity contribution in [2.75, 3.05) is 0 Å². The fourth-order valence-corrected chi connectivity index (χ4v) is 2.48. The summed E-state index contributed by atoms with van der Waals surface area (Å²) in [7, 11) is 0. The average molecular weight is 315 g/mol. The Morgan fingerprint density at radius 2 is 1.91 bits per heavy atom. The molecule has 3 aromatic rings. The number of hydrogen-bond acceptors (Lipinski definition) is 5. The highest BCUT2D eigenvalue weighted by Crippen LogP contribution is 2.13. The van der Waals surface area contributed by atoms with Gasteiger partial charge in [0.25, 0.3) is 5.56 Å². The van der Waals surface area contributed by atoms with Gasteiger partial charge < -0.3 is 15.1 Å². The molecule has 3 rings (SSSR count). The van der Waals surface area contributed by atoms with Gasteiger partial charge in [-0.15, -0.1) is 0 Å². The Balaban J connectivity index is 2.00. The van der Waals surface area contributed by atoms with Gasteiger partial charge in [0.15, 0.2) is 5.82 Å². The number of rotatable bonds is 4. The number of benzene rings is 1. The summed E-state index contributed by atoms with van der Waals surface area (Å²) in [5.41, 5.74) is -0.512. The summed E-state index contributed by atoms with van der Waals surface area (Å²) >= 11 is 0. The Morgan fingerprint density at radius 3 is 2.65 bits per heavy atom. The lowest BCUT2D eigenvalue weighted by Crippen LogP contribution is -2.36. The van der Waals surface area contributed by atoms with Gasteiger partial charge in [-0.25, -0.2) is 14.3 Å². The van der Waals surface area contributed by atoms with Gasteiger partial charge in [-0.3, -0.25) is 9.36 Å². The molecule has 0 atom stereocenters. The van der Waals surface area contributed by atoms with Crippen molar-refractivity contribution in [3.8, 4) is 0 Å². The van der Waals surface area contributed by atoms with Gasteiger partial charge >= 0.3 is 11.5 Å². The van der Waals surface area contributed by atoms with E-state index in [1.165, 1.54) is 4.57 Å². The molecule has 1 aromatic carbocycles. The molecule has 0 amide bonds. The highest BCUT2D eigenvalue weighted by atomic mass is 16.6. The van der Waals surface area contributed by atoms with Crippen molar-refractivity contribution in [2.45, 2.75) is 20.0 Å². The standard InChI is InChI=1S/C14H13N5O4/c1-9-15-8-12(19(22)23)17(9)6-7-18-13(20)10-4-2-3-5-11(10)16-14(18)21/h2-5,8H,6-7H2,1H3,(H,16,21). The van der Waals surface area contributed by atoms with E-state index in [1.807, 2.05) is 0 Å². The van der Waals surface area contributed by atoms with Gasteiger partial charge in [-0.05, 0) is 17.1 Å². The van der Waals surface area contributed by atoms with E-state index in [4.69, 9.17) is 0 Å². The van der Waals surface area contributed by atoms with Crippen LogP contribution in [0.4, 0.5) is 5.82 Å². The van der Waals surface area contributed by atoms with Crippen LogP contribution in [0.1, 0.15) is 5.82 Å². The average Bonchev–Trinajstić information content (AvgIpc) is 2.88. The van der Waals surface area contributed by atoms with Crippen LogP contribution in [0.25, 0.3) is 10.9 Å². The highest BCUT2D eigenvalue weighted by molar-refractivity contribution is 5.76. The fraction of sp³-hybridized carbons (Fsp3) is 0.214. The van der Waals surface area contributed by atoms with Crippen LogP contribution in [-0.4, -0.2) is 24.0 Å². The molecule has 0 saturated carbocycles.